The lowest BCUT2D eigenvalue weighted by molar-refractivity contribution is -0.412. The molecule has 0 aromatic heterocycles. The van der Waals surface area contributed by atoms with E-state index in [1.165, 1.54) is 0 Å². The molecule has 1 nitrogen and oxygen atoms in total. The molecule has 0 rings (SSSR count). The van der Waals surface area contributed by atoms with Crippen molar-refractivity contribution in [2.24, 2.45) is 4.99 Å². The maximum Gasteiger partial charge on any atom is 0.384 e. The Labute approximate surface area is 129 Å². The summed E-state index contributed by atoms with van der Waals surface area (Å²) in [5.41, 5.74) is -3.71. The zero-order valence-corrected chi connectivity index (χ0v) is 11.5. The predicted octanol–water partition coefficient (Wildman–Crippen LogP) is 5.10. The average Bonchev–Trinajstić information content (AvgIpc) is 2.37. The largest absolute Gasteiger partial charge is 0.384 e. The molecule has 0 N–H and O–H groups in total. The maximum atomic E-state index is 13.1. The Kier molecular flexibility index (Phi) is 6.08. The van der Waals surface area contributed by atoms with Crippen LogP contribution in [0.1, 0.15) is 0 Å². The second kappa shape index (κ2) is 6.28. The van der Waals surface area contributed by atoms with Crippen LogP contribution >= 0.6 is 23.8 Å². The van der Waals surface area contributed by atoms with Crippen molar-refractivity contribution in [3.8, 4) is 0 Å². The Hall–Kier alpha value is -0.750. The molecule has 23 heavy (non-hydrogen) atoms. The third kappa shape index (κ3) is 3.12. The van der Waals surface area contributed by atoms with E-state index in [1.807, 2.05) is 4.99 Å². The van der Waals surface area contributed by atoms with Crippen LogP contribution < -0.4 is 0 Å². The molecule has 0 spiro atoms. The van der Waals surface area contributed by atoms with Crippen LogP contribution in [0.3, 0.4) is 0 Å². The van der Waals surface area contributed by atoms with Crippen molar-refractivity contribution >= 4 is 29.0 Å². The van der Waals surface area contributed by atoms with E-state index >= 15 is 0 Å². The molecule has 136 valence electrons. The van der Waals surface area contributed by atoms with E-state index in [-0.39, 0.29) is 0 Å². The van der Waals surface area contributed by atoms with Crippen LogP contribution in [0.25, 0.3) is 0 Å². The minimum atomic E-state index is -7.63. The smallest absolute Gasteiger partial charge is 0.206 e. The number of hydrogen-bond donors (Lipinski definition) is 0. The van der Waals surface area contributed by atoms with E-state index in [2.05, 4.69) is 23.8 Å². The van der Waals surface area contributed by atoms with Crippen LogP contribution in [-0.4, -0.2) is 46.7 Å². The zero-order chi connectivity index (χ0) is 19.1. The van der Waals surface area contributed by atoms with Crippen LogP contribution in [0.15, 0.2) is 4.99 Å². The Balaban J connectivity index is 6.22. The lowest BCUT2D eigenvalue weighted by Gasteiger charge is -2.39. The lowest BCUT2D eigenvalue weighted by atomic mass is 9.94. The molecule has 1 unspecified atom stereocenters. The summed E-state index contributed by atoms with van der Waals surface area (Å²) in [6, 6.07) is 0. The molecule has 0 amide bonds. The van der Waals surface area contributed by atoms with Crippen molar-refractivity contribution in [1.82, 2.24) is 0 Å². The van der Waals surface area contributed by atoms with Gasteiger partial charge in [-0.1, -0.05) is 11.6 Å². The molecule has 0 aromatic carbocycles. The van der Waals surface area contributed by atoms with Gasteiger partial charge < -0.3 is 0 Å². The van der Waals surface area contributed by atoms with Crippen LogP contribution in [0.4, 0.5) is 52.7 Å². The number of rotatable bonds is 7. The topological polar surface area (TPSA) is 12.4 Å². The first-order valence-electron chi connectivity index (χ1n) is 4.81. The summed E-state index contributed by atoms with van der Waals surface area (Å²) >= 11 is 8.10. The molecule has 0 aliphatic carbocycles. The predicted molar refractivity (Wildman–Crippen MR) is 55.4 cm³/mol. The number of aliphatic imine (C=N–C) groups is 1. The minimum Gasteiger partial charge on any atom is -0.206 e. The first kappa shape index (κ1) is 22.2. The van der Waals surface area contributed by atoms with Gasteiger partial charge in [-0.25, -0.2) is 13.8 Å². The van der Waals surface area contributed by atoms with Gasteiger partial charge in [-0.05, 0) is 12.2 Å². The van der Waals surface area contributed by atoms with Crippen LogP contribution in [0.5, 0.6) is 0 Å². The van der Waals surface area contributed by atoms with E-state index < -0.39 is 41.5 Å². The summed E-state index contributed by atoms with van der Waals surface area (Å²) in [6.07, 6.45) is -5.56. The number of alkyl halides is 13. The number of isothiocyanates is 1. The van der Waals surface area contributed by atoms with E-state index in [1.54, 1.807) is 0 Å². The molecular weight excluding hydrogens is 406 g/mol. The highest BCUT2D eigenvalue weighted by Gasteiger charge is 2.88. The van der Waals surface area contributed by atoms with Gasteiger partial charge in [-0.15, -0.1) is 0 Å². The molecule has 0 bridgehead atoms. The molecular formula is C8H2ClF12NS. The van der Waals surface area contributed by atoms with Gasteiger partial charge in [0, 0.05) is 0 Å². The van der Waals surface area contributed by atoms with Crippen molar-refractivity contribution in [3.05, 3.63) is 0 Å². The fourth-order valence-corrected chi connectivity index (χ4v) is 1.38. The molecule has 1 atom stereocenters. The fraction of sp³-hybridized carbons (Fsp3) is 0.875. The van der Waals surface area contributed by atoms with Gasteiger partial charge in [0.2, 0.25) is 5.50 Å². The molecule has 0 radical (unpaired) electrons. The van der Waals surface area contributed by atoms with E-state index in [9.17, 15) is 52.7 Å². The summed E-state index contributed by atoms with van der Waals surface area (Å²) < 4.78 is 152. The van der Waals surface area contributed by atoms with Crippen molar-refractivity contribution in [1.29, 1.82) is 0 Å². The highest BCUT2D eigenvalue weighted by molar-refractivity contribution is 7.78. The monoisotopic (exact) mass is 407 g/mol. The molecule has 0 heterocycles. The fourth-order valence-electron chi connectivity index (χ4n) is 1.03. The van der Waals surface area contributed by atoms with Gasteiger partial charge in [-0.3, -0.25) is 0 Å². The highest BCUT2D eigenvalue weighted by Crippen LogP contribution is 2.59. The van der Waals surface area contributed by atoms with Gasteiger partial charge in [0.1, 0.15) is 0 Å². The standard InChI is InChI=1S/C8H2ClF12NS/c9-2(22-1-23)4(12,13)6(16,17)8(20,21)7(18,19)5(14,15)3(10)11/h2-3H. The molecule has 0 aliphatic heterocycles. The van der Waals surface area contributed by atoms with E-state index in [0.29, 0.717) is 0 Å². The van der Waals surface area contributed by atoms with Gasteiger partial charge in [-0.2, -0.15) is 43.9 Å². The number of nitrogens with zero attached hydrogens (tertiary/aromatic N) is 1. The summed E-state index contributed by atoms with van der Waals surface area (Å²) in [4.78, 5) is 2.04. The molecule has 15 heteroatoms. The van der Waals surface area contributed by atoms with E-state index in [0.717, 1.165) is 5.16 Å². The van der Waals surface area contributed by atoms with Gasteiger partial charge in [0.25, 0.3) is 0 Å². The van der Waals surface area contributed by atoms with Crippen LogP contribution in [0, 0.1) is 0 Å². The third-order valence-corrected chi connectivity index (χ3v) is 2.84. The molecule has 0 fully saturated rings. The molecule has 0 saturated heterocycles. The first-order valence-corrected chi connectivity index (χ1v) is 5.65. The summed E-state index contributed by atoms with van der Waals surface area (Å²) in [6.45, 7) is 0. The Morgan fingerprint density at radius 1 is 0.739 bits per heavy atom. The third-order valence-electron chi connectivity index (χ3n) is 2.37. The summed E-state index contributed by atoms with van der Waals surface area (Å²) in [5, 5.41) is 0.947. The first-order chi connectivity index (χ1) is 9.92. The van der Waals surface area contributed by atoms with Crippen molar-refractivity contribution in [2.45, 2.75) is 41.5 Å². The second-order valence-electron chi connectivity index (χ2n) is 3.83. The zero-order valence-electron chi connectivity index (χ0n) is 9.92. The van der Waals surface area contributed by atoms with E-state index in [4.69, 9.17) is 0 Å². The molecule has 0 aromatic rings. The normalized spacial score (nSPS) is 16.3. The Bertz CT molecular complexity index is 485. The minimum absolute atomic E-state index is 0.947. The SMILES string of the molecule is FC(F)C(F)(F)C(F)(F)C(F)(F)C(F)(F)C(F)(F)C(Cl)N=C=S. The quantitative estimate of drug-likeness (QED) is 0.188. The lowest BCUT2D eigenvalue weighted by Crippen LogP contribution is -2.69. The maximum absolute atomic E-state index is 13.1. The second-order valence-corrected chi connectivity index (χ2v) is 4.42. The molecule has 0 saturated carbocycles. The summed E-state index contributed by atoms with van der Waals surface area (Å²) in [7, 11) is 0. The Morgan fingerprint density at radius 2 is 1.09 bits per heavy atom. The van der Waals surface area contributed by atoms with Gasteiger partial charge >= 0.3 is 36.0 Å². The van der Waals surface area contributed by atoms with Crippen molar-refractivity contribution < 1.29 is 52.7 Å². The summed E-state index contributed by atoms with van der Waals surface area (Å²) in [5.74, 6) is -35.9. The van der Waals surface area contributed by atoms with Crippen LogP contribution in [-0.2, 0) is 0 Å². The number of halogens is 13. The van der Waals surface area contributed by atoms with Crippen molar-refractivity contribution in [3.63, 3.8) is 0 Å². The van der Waals surface area contributed by atoms with Gasteiger partial charge in [0.15, 0.2) is 0 Å². The molecule has 0 aliphatic rings. The number of thiocarbonyl (C=S) groups is 1. The van der Waals surface area contributed by atoms with Crippen LogP contribution in [0.2, 0.25) is 0 Å². The average molecular weight is 408 g/mol. The highest BCUT2D eigenvalue weighted by atomic mass is 35.5. The Morgan fingerprint density at radius 3 is 1.39 bits per heavy atom. The van der Waals surface area contributed by atoms with Crippen molar-refractivity contribution in [2.75, 3.05) is 0 Å². The van der Waals surface area contributed by atoms with Gasteiger partial charge in [0.05, 0.1) is 5.16 Å². The number of hydrogen-bond acceptors (Lipinski definition) is 2.